The average Bonchev–Trinajstić information content (AvgIpc) is 2.22. The van der Waals surface area contributed by atoms with Crippen LogP contribution in [0.15, 0.2) is 59.6 Å². The van der Waals surface area contributed by atoms with Crippen LogP contribution < -0.4 is 0 Å². The zero-order chi connectivity index (χ0) is 11.4. The highest BCUT2D eigenvalue weighted by Crippen LogP contribution is 2.27. The molecule has 0 aliphatic carbocycles. The maximum absolute atomic E-state index is 4.06. The maximum Gasteiger partial charge on any atom is 0.0441 e. The second-order valence-corrected chi connectivity index (χ2v) is 3.64. The van der Waals surface area contributed by atoms with E-state index in [0.717, 1.165) is 5.70 Å². The molecule has 0 aromatic rings. The molecule has 0 bridgehead atoms. The van der Waals surface area contributed by atoms with Crippen LogP contribution >= 0.6 is 0 Å². The van der Waals surface area contributed by atoms with Crippen LogP contribution in [0.3, 0.4) is 0 Å². The molecule has 80 valence electrons. The van der Waals surface area contributed by atoms with Gasteiger partial charge in [-0.3, -0.25) is 0 Å². The van der Waals surface area contributed by atoms with Gasteiger partial charge in [-0.05, 0) is 45.4 Å². The molecule has 1 nitrogen and oxygen atoms in total. The second kappa shape index (κ2) is 4.83. The van der Waals surface area contributed by atoms with E-state index in [0.29, 0.717) is 0 Å². The van der Waals surface area contributed by atoms with Gasteiger partial charge in [0.1, 0.15) is 0 Å². The van der Waals surface area contributed by atoms with E-state index in [-0.39, 0.29) is 0 Å². The number of hydrogen-bond donors (Lipinski definition) is 0. The fraction of sp³-hybridized carbons (Fsp3) is 0.286. The minimum Gasteiger partial charge on any atom is -0.315 e. The summed E-state index contributed by atoms with van der Waals surface area (Å²) >= 11 is 0. The Balaban J connectivity index is 3.11. The molecule has 1 rings (SSSR count). The Morgan fingerprint density at radius 3 is 2.47 bits per heavy atom. The monoisotopic (exact) mass is 201 g/mol. The van der Waals surface area contributed by atoms with Crippen molar-refractivity contribution in [2.45, 2.75) is 27.7 Å². The van der Waals surface area contributed by atoms with Crippen LogP contribution in [0.5, 0.6) is 0 Å². The quantitative estimate of drug-likeness (QED) is 0.607. The summed E-state index contributed by atoms with van der Waals surface area (Å²) in [5, 5.41) is 0. The highest BCUT2D eigenvalue weighted by atomic mass is 15.2. The van der Waals surface area contributed by atoms with Crippen LogP contribution in [0.25, 0.3) is 0 Å². The van der Waals surface area contributed by atoms with Gasteiger partial charge in [-0.1, -0.05) is 24.8 Å². The predicted molar refractivity (Wildman–Crippen MR) is 67.1 cm³/mol. The summed E-state index contributed by atoms with van der Waals surface area (Å²) in [7, 11) is 0. The lowest BCUT2D eigenvalue weighted by Gasteiger charge is -2.30. The van der Waals surface area contributed by atoms with Crippen LogP contribution in [0.1, 0.15) is 27.7 Å². The van der Waals surface area contributed by atoms with E-state index in [1.54, 1.807) is 0 Å². The van der Waals surface area contributed by atoms with Gasteiger partial charge in [0.2, 0.25) is 0 Å². The van der Waals surface area contributed by atoms with Gasteiger partial charge in [-0.2, -0.15) is 0 Å². The Bertz CT molecular complexity index is 378. The highest BCUT2D eigenvalue weighted by molar-refractivity contribution is 5.40. The average molecular weight is 201 g/mol. The van der Waals surface area contributed by atoms with Crippen molar-refractivity contribution < 1.29 is 0 Å². The SMILES string of the molecule is C=C1C=CC=C(C)N1C(=C\C)/C(C)=C/C. The molecular formula is C14H19N. The third-order valence-corrected chi connectivity index (χ3v) is 2.62. The van der Waals surface area contributed by atoms with Gasteiger partial charge in [0.05, 0.1) is 0 Å². The topological polar surface area (TPSA) is 3.24 Å². The first kappa shape index (κ1) is 11.6. The molecule has 0 aromatic carbocycles. The van der Waals surface area contributed by atoms with Crippen LogP contribution in [0, 0.1) is 0 Å². The second-order valence-electron chi connectivity index (χ2n) is 3.64. The van der Waals surface area contributed by atoms with Crippen LogP contribution in [-0.2, 0) is 0 Å². The molecule has 0 N–H and O–H groups in total. The third kappa shape index (κ3) is 2.30. The number of allylic oxidation sites excluding steroid dienone is 7. The molecule has 0 unspecified atom stereocenters. The smallest absolute Gasteiger partial charge is 0.0441 e. The Kier molecular flexibility index (Phi) is 3.73. The molecule has 15 heavy (non-hydrogen) atoms. The highest BCUT2D eigenvalue weighted by Gasteiger charge is 2.15. The normalized spacial score (nSPS) is 18.3. The number of hydrogen-bond acceptors (Lipinski definition) is 1. The summed E-state index contributed by atoms with van der Waals surface area (Å²) < 4.78 is 0. The first-order valence-corrected chi connectivity index (χ1v) is 5.25. The fourth-order valence-corrected chi connectivity index (χ4v) is 1.70. The van der Waals surface area contributed by atoms with Gasteiger partial charge < -0.3 is 4.90 Å². The number of rotatable bonds is 2. The first-order chi connectivity index (χ1) is 7.11. The minimum absolute atomic E-state index is 1.02. The van der Waals surface area contributed by atoms with Crippen molar-refractivity contribution in [1.82, 2.24) is 4.90 Å². The molecule has 1 aliphatic rings. The lowest BCUT2D eigenvalue weighted by atomic mass is 10.1. The summed E-state index contributed by atoms with van der Waals surface area (Å²) in [5.74, 6) is 0. The van der Waals surface area contributed by atoms with Gasteiger partial charge in [-0.15, -0.1) is 0 Å². The van der Waals surface area contributed by atoms with Gasteiger partial charge in [0.15, 0.2) is 0 Å². The molecule has 0 radical (unpaired) electrons. The molecule has 0 saturated heterocycles. The zero-order valence-corrected chi connectivity index (χ0v) is 10.0. The Morgan fingerprint density at radius 1 is 1.33 bits per heavy atom. The predicted octanol–water partition coefficient (Wildman–Crippen LogP) is 4.15. The van der Waals surface area contributed by atoms with Gasteiger partial charge in [0, 0.05) is 17.1 Å². The van der Waals surface area contributed by atoms with Crippen molar-refractivity contribution in [3.05, 3.63) is 59.6 Å². The summed E-state index contributed by atoms with van der Waals surface area (Å²) in [6.45, 7) is 12.4. The zero-order valence-electron chi connectivity index (χ0n) is 10.0. The summed E-state index contributed by atoms with van der Waals surface area (Å²) in [4.78, 5) is 2.18. The standard InChI is InChI=1S/C14H19N/c1-6-11(3)14(7-2)15-12(4)9-8-10-13(15)5/h6-10H,4H2,1-3,5H3/b11-6+,14-7-. The summed E-state index contributed by atoms with van der Waals surface area (Å²) in [6, 6.07) is 0. The fourth-order valence-electron chi connectivity index (χ4n) is 1.70. The van der Waals surface area contributed by atoms with Gasteiger partial charge >= 0.3 is 0 Å². The lowest BCUT2D eigenvalue weighted by molar-refractivity contribution is 0.548. The lowest BCUT2D eigenvalue weighted by Crippen LogP contribution is -2.21. The molecule has 0 saturated carbocycles. The molecular weight excluding hydrogens is 182 g/mol. The van der Waals surface area contributed by atoms with Crippen molar-refractivity contribution in [3.8, 4) is 0 Å². The van der Waals surface area contributed by atoms with Crippen molar-refractivity contribution in [3.63, 3.8) is 0 Å². The van der Waals surface area contributed by atoms with Crippen molar-refractivity contribution in [2.24, 2.45) is 0 Å². The maximum atomic E-state index is 4.06. The van der Waals surface area contributed by atoms with Crippen LogP contribution in [0.4, 0.5) is 0 Å². The molecule has 0 fully saturated rings. The Hall–Kier alpha value is -1.50. The van der Waals surface area contributed by atoms with Crippen LogP contribution in [-0.4, -0.2) is 4.90 Å². The van der Waals surface area contributed by atoms with Crippen LogP contribution in [0.2, 0.25) is 0 Å². The molecule has 1 heteroatoms. The van der Waals surface area contributed by atoms with Crippen molar-refractivity contribution in [2.75, 3.05) is 0 Å². The largest absolute Gasteiger partial charge is 0.315 e. The molecule has 1 heterocycles. The van der Waals surface area contributed by atoms with Gasteiger partial charge in [0.25, 0.3) is 0 Å². The van der Waals surface area contributed by atoms with E-state index in [1.165, 1.54) is 17.0 Å². The Labute approximate surface area is 92.8 Å². The number of nitrogens with zero attached hydrogens (tertiary/aromatic N) is 1. The molecule has 0 atom stereocenters. The molecule has 0 amide bonds. The van der Waals surface area contributed by atoms with E-state index in [9.17, 15) is 0 Å². The van der Waals surface area contributed by atoms with E-state index < -0.39 is 0 Å². The van der Waals surface area contributed by atoms with E-state index in [1.807, 2.05) is 12.2 Å². The molecule has 0 aromatic heterocycles. The third-order valence-electron chi connectivity index (χ3n) is 2.62. The first-order valence-electron chi connectivity index (χ1n) is 5.25. The molecule has 0 spiro atoms. The van der Waals surface area contributed by atoms with Gasteiger partial charge in [-0.25, -0.2) is 0 Å². The van der Waals surface area contributed by atoms with Crippen molar-refractivity contribution >= 4 is 0 Å². The summed E-state index contributed by atoms with van der Waals surface area (Å²) in [6.07, 6.45) is 10.4. The van der Waals surface area contributed by atoms with E-state index in [2.05, 4.69) is 57.4 Å². The molecule has 1 aliphatic heterocycles. The Morgan fingerprint density at radius 2 is 2.00 bits per heavy atom. The van der Waals surface area contributed by atoms with E-state index >= 15 is 0 Å². The minimum atomic E-state index is 1.02. The van der Waals surface area contributed by atoms with Crippen molar-refractivity contribution in [1.29, 1.82) is 0 Å². The van der Waals surface area contributed by atoms with E-state index in [4.69, 9.17) is 0 Å². The summed E-state index contributed by atoms with van der Waals surface area (Å²) in [5.41, 5.74) is 4.70.